The van der Waals surface area contributed by atoms with Gasteiger partial charge in [-0.05, 0) is 13.0 Å². The topological polar surface area (TPSA) is 131 Å². The van der Waals surface area contributed by atoms with Crippen LogP contribution in [0, 0.1) is 17.0 Å². The number of fused-ring (bicyclic) bond motifs is 3. The molecule has 2 heterocycles. The van der Waals surface area contributed by atoms with Crippen LogP contribution in [0.3, 0.4) is 0 Å². The number of nitrogens with one attached hydrogen (secondary N) is 1. The number of carboxylic acid groups (broad SMARTS) is 1. The van der Waals surface area contributed by atoms with E-state index in [1.807, 2.05) is 0 Å². The zero-order valence-electron chi connectivity index (χ0n) is 12.2. The third kappa shape index (κ3) is 2.38. The Morgan fingerprint density at radius 1 is 1.40 bits per heavy atom. The van der Waals surface area contributed by atoms with Gasteiger partial charge in [-0.25, -0.2) is 9.78 Å². The third-order valence-corrected chi connectivity index (χ3v) is 3.62. The Balaban J connectivity index is 2.56. The number of H-pyrrole nitrogens is 1. The Kier molecular flexibility index (Phi) is 3.30. The maximum atomic E-state index is 13.0. The molecule has 0 aliphatic heterocycles. The van der Waals surface area contributed by atoms with Crippen molar-refractivity contribution in [2.45, 2.75) is 13.1 Å². The minimum Gasteiger partial charge on any atom is -0.476 e. The van der Waals surface area contributed by atoms with Crippen molar-refractivity contribution in [1.29, 1.82) is 0 Å². The smallest absolute Gasteiger partial charge is 0.423 e. The maximum absolute atomic E-state index is 13.0. The van der Waals surface area contributed by atoms with Crippen molar-refractivity contribution in [3.05, 3.63) is 49.6 Å². The highest BCUT2D eigenvalue weighted by molar-refractivity contribution is 5.90. The maximum Gasteiger partial charge on any atom is 0.423 e. The number of aromatic carboxylic acids is 1. The van der Waals surface area contributed by atoms with Crippen LogP contribution in [0.15, 0.2) is 16.9 Å². The molecule has 9 nitrogen and oxygen atoms in total. The number of hydrogen-bond donors (Lipinski definition) is 2. The molecule has 1 aromatic carbocycles. The van der Waals surface area contributed by atoms with E-state index in [-0.39, 0.29) is 16.7 Å². The van der Waals surface area contributed by atoms with Crippen molar-refractivity contribution >= 4 is 28.3 Å². The second kappa shape index (κ2) is 5.03. The van der Waals surface area contributed by atoms with Crippen LogP contribution in [0.4, 0.5) is 18.9 Å². The average Bonchev–Trinajstić information content (AvgIpc) is 2.84. The third-order valence-electron chi connectivity index (χ3n) is 3.62. The molecule has 0 saturated heterocycles. The molecule has 0 atom stereocenters. The summed E-state index contributed by atoms with van der Waals surface area (Å²) in [5, 5.41) is 20.1. The standard InChI is InChI=1S/C13H7F3N4O5/c1-4-9(12(22)23)18-10-11(21)17-6-2-5(13(14,15)16)7(20(24)25)3-8(6)19(4)10/h2-3H,1H3,(H,17,21)(H,22,23). The summed E-state index contributed by atoms with van der Waals surface area (Å²) in [6, 6.07) is 1.07. The molecule has 0 aliphatic rings. The number of aryl methyl sites for hydroxylation is 1. The fourth-order valence-corrected chi connectivity index (χ4v) is 2.57. The minimum atomic E-state index is -5.02. The average molecular weight is 356 g/mol. The first kappa shape index (κ1) is 16.4. The molecule has 12 heteroatoms. The van der Waals surface area contributed by atoms with Crippen molar-refractivity contribution in [2.24, 2.45) is 0 Å². The van der Waals surface area contributed by atoms with Crippen LogP contribution in [0.25, 0.3) is 16.7 Å². The minimum absolute atomic E-state index is 0.0485. The van der Waals surface area contributed by atoms with E-state index in [0.717, 1.165) is 4.40 Å². The lowest BCUT2D eigenvalue weighted by Gasteiger charge is -2.10. The van der Waals surface area contributed by atoms with Gasteiger partial charge in [-0.15, -0.1) is 0 Å². The molecule has 0 saturated carbocycles. The lowest BCUT2D eigenvalue weighted by Crippen LogP contribution is -2.14. The van der Waals surface area contributed by atoms with E-state index in [0.29, 0.717) is 12.1 Å². The Bertz CT molecular complexity index is 1130. The van der Waals surface area contributed by atoms with Crippen LogP contribution >= 0.6 is 0 Å². The van der Waals surface area contributed by atoms with Gasteiger partial charge in [0.05, 0.1) is 21.7 Å². The first-order valence-electron chi connectivity index (χ1n) is 6.56. The monoisotopic (exact) mass is 356 g/mol. The Morgan fingerprint density at radius 3 is 2.56 bits per heavy atom. The molecule has 0 unspecified atom stereocenters. The summed E-state index contributed by atoms with van der Waals surface area (Å²) in [4.78, 5) is 38.8. The van der Waals surface area contributed by atoms with Crippen molar-refractivity contribution in [3.8, 4) is 0 Å². The number of hydrogen-bond acceptors (Lipinski definition) is 5. The van der Waals surface area contributed by atoms with Crippen LogP contribution in [0.1, 0.15) is 21.7 Å². The summed E-state index contributed by atoms with van der Waals surface area (Å²) < 4.78 is 40.1. The fourth-order valence-electron chi connectivity index (χ4n) is 2.57. The lowest BCUT2D eigenvalue weighted by molar-refractivity contribution is -0.387. The van der Waals surface area contributed by atoms with Gasteiger partial charge >= 0.3 is 12.1 Å². The van der Waals surface area contributed by atoms with Gasteiger partial charge in [0, 0.05) is 6.07 Å². The summed E-state index contributed by atoms with van der Waals surface area (Å²) in [5.41, 5.74) is -5.12. The largest absolute Gasteiger partial charge is 0.476 e. The Labute approximate surface area is 134 Å². The van der Waals surface area contributed by atoms with Crippen LogP contribution in [0.5, 0.6) is 0 Å². The van der Waals surface area contributed by atoms with E-state index in [1.54, 1.807) is 0 Å². The van der Waals surface area contributed by atoms with Gasteiger partial charge in [-0.3, -0.25) is 19.3 Å². The first-order chi connectivity index (χ1) is 11.5. The summed E-state index contributed by atoms with van der Waals surface area (Å²) >= 11 is 0. The number of carboxylic acids is 1. The fraction of sp³-hybridized carbons (Fsp3) is 0.154. The highest BCUT2D eigenvalue weighted by atomic mass is 19.4. The highest BCUT2D eigenvalue weighted by Crippen LogP contribution is 2.38. The lowest BCUT2D eigenvalue weighted by atomic mass is 10.1. The molecular weight excluding hydrogens is 349 g/mol. The number of halogens is 3. The Hall–Kier alpha value is -3.44. The number of nitro groups is 1. The van der Waals surface area contributed by atoms with Crippen molar-refractivity contribution in [2.75, 3.05) is 0 Å². The molecule has 0 amide bonds. The van der Waals surface area contributed by atoms with Gasteiger partial charge in [0.15, 0.2) is 5.69 Å². The summed E-state index contributed by atoms with van der Waals surface area (Å²) in [6.07, 6.45) is -5.02. The second-order valence-electron chi connectivity index (χ2n) is 5.11. The summed E-state index contributed by atoms with van der Waals surface area (Å²) in [5.74, 6) is -1.45. The van der Waals surface area contributed by atoms with Gasteiger partial charge in [-0.1, -0.05) is 0 Å². The van der Waals surface area contributed by atoms with Crippen LogP contribution < -0.4 is 5.56 Å². The molecule has 130 valence electrons. The number of aromatic nitrogens is 3. The molecule has 0 aliphatic carbocycles. The van der Waals surface area contributed by atoms with Crippen molar-refractivity contribution in [1.82, 2.24) is 14.4 Å². The zero-order valence-corrected chi connectivity index (χ0v) is 12.2. The van der Waals surface area contributed by atoms with E-state index in [4.69, 9.17) is 5.11 Å². The van der Waals surface area contributed by atoms with E-state index in [9.17, 15) is 32.9 Å². The molecule has 0 spiro atoms. The van der Waals surface area contributed by atoms with E-state index in [1.165, 1.54) is 6.92 Å². The van der Waals surface area contributed by atoms with E-state index in [2.05, 4.69) is 9.97 Å². The van der Waals surface area contributed by atoms with Crippen molar-refractivity contribution in [3.63, 3.8) is 0 Å². The normalized spacial score (nSPS) is 12.0. The number of alkyl halides is 3. The molecule has 3 rings (SSSR count). The predicted octanol–water partition coefficient (Wildman–Crippen LogP) is 2.11. The zero-order chi connectivity index (χ0) is 18.7. The highest BCUT2D eigenvalue weighted by Gasteiger charge is 2.39. The molecule has 25 heavy (non-hydrogen) atoms. The molecule has 3 aromatic rings. The first-order valence-corrected chi connectivity index (χ1v) is 6.56. The van der Waals surface area contributed by atoms with Gasteiger partial charge in [-0.2, -0.15) is 13.2 Å². The predicted molar refractivity (Wildman–Crippen MR) is 76.7 cm³/mol. The number of rotatable bonds is 2. The molecule has 0 bridgehead atoms. The summed E-state index contributed by atoms with van der Waals surface area (Å²) in [6.45, 7) is 1.28. The molecule has 0 radical (unpaired) electrons. The van der Waals surface area contributed by atoms with Gasteiger partial charge in [0.25, 0.3) is 11.2 Å². The molecule has 0 fully saturated rings. The second-order valence-corrected chi connectivity index (χ2v) is 5.11. The van der Waals surface area contributed by atoms with Crippen LogP contribution in [-0.2, 0) is 6.18 Å². The SMILES string of the molecule is Cc1c(C(=O)O)nc2c(=O)[nH]c3cc(C(F)(F)F)c([N+](=O)[O-])cc3n12. The van der Waals surface area contributed by atoms with Crippen LogP contribution in [0.2, 0.25) is 0 Å². The Morgan fingerprint density at radius 2 is 2.04 bits per heavy atom. The quantitative estimate of drug-likeness (QED) is 0.534. The number of benzene rings is 1. The van der Waals surface area contributed by atoms with Gasteiger partial charge < -0.3 is 10.1 Å². The van der Waals surface area contributed by atoms with Gasteiger partial charge in [0.1, 0.15) is 5.56 Å². The summed E-state index contributed by atoms with van der Waals surface area (Å²) in [7, 11) is 0. The van der Waals surface area contributed by atoms with E-state index >= 15 is 0 Å². The van der Waals surface area contributed by atoms with Crippen LogP contribution in [-0.4, -0.2) is 30.4 Å². The number of imidazole rings is 1. The van der Waals surface area contributed by atoms with Crippen molar-refractivity contribution < 1.29 is 28.0 Å². The molecule has 2 aromatic heterocycles. The molecular formula is C13H7F3N4O5. The number of nitro benzene ring substituents is 1. The number of aromatic amines is 1. The molecule has 2 N–H and O–H groups in total. The van der Waals surface area contributed by atoms with Gasteiger partial charge in [0.2, 0.25) is 5.65 Å². The number of carbonyl (C=O) groups is 1. The van der Waals surface area contributed by atoms with E-state index < -0.39 is 45.2 Å². The number of nitrogens with zero attached hydrogens (tertiary/aromatic N) is 3.